The van der Waals surface area contributed by atoms with Crippen LogP contribution < -0.4 is 14.5 Å². The fourth-order valence-corrected chi connectivity index (χ4v) is 4.18. The van der Waals surface area contributed by atoms with Crippen LogP contribution in [0, 0.1) is 5.82 Å². The number of amides is 2. The van der Waals surface area contributed by atoms with E-state index in [1.165, 1.54) is 12.1 Å². The highest BCUT2D eigenvalue weighted by Gasteiger charge is 2.29. The average molecular weight is 416 g/mol. The molecule has 2 aliphatic rings. The molecule has 156 valence electrons. The number of carbonyl (C=O) groups excluding carboxylic acids is 2. The quantitative estimate of drug-likeness (QED) is 0.638. The molecule has 0 atom stereocenters. The minimum Gasteiger partial charge on any atom is -0.482 e. The number of para-hydroxylation sites is 1. The SMILES string of the molecule is O=C(c1ccc2c(c1)N(Cc1ccc(F)cc1)C(=O)CO2)N1CCCc2ccccc21. The normalized spacial score (nSPS) is 15.2. The van der Waals surface area contributed by atoms with Gasteiger partial charge in [0.25, 0.3) is 11.8 Å². The third-order valence-electron chi connectivity index (χ3n) is 5.76. The number of hydrogen-bond acceptors (Lipinski definition) is 3. The second kappa shape index (κ2) is 7.87. The molecule has 6 heteroatoms. The Kier molecular flexibility index (Phi) is 4.90. The topological polar surface area (TPSA) is 49.9 Å². The van der Waals surface area contributed by atoms with E-state index in [0.717, 1.165) is 29.7 Å². The van der Waals surface area contributed by atoms with E-state index >= 15 is 0 Å². The van der Waals surface area contributed by atoms with Crippen LogP contribution in [-0.2, 0) is 17.8 Å². The van der Waals surface area contributed by atoms with Gasteiger partial charge in [-0.25, -0.2) is 4.39 Å². The van der Waals surface area contributed by atoms with Gasteiger partial charge in [0.05, 0.1) is 12.2 Å². The van der Waals surface area contributed by atoms with Crippen molar-refractivity contribution < 1.29 is 18.7 Å². The molecule has 5 rings (SSSR count). The first kappa shape index (κ1) is 19.3. The number of aryl methyl sites for hydroxylation is 1. The van der Waals surface area contributed by atoms with Gasteiger partial charge in [0.15, 0.2) is 6.61 Å². The Hall–Kier alpha value is -3.67. The number of anilines is 2. The summed E-state index contributed by atoms with van der Waals surface area (Å²) >= 11 is 0. The van der Waals surface area contributed by atoms with Gasteiger partial charge in [0.2, 0.25) is 0 Å². The molecule has 0 spiro atoms. The number of rotatable bonds is 3. The van der Waals surface area contributed by atoms with Gasteiger partial charge >= 0.3 is 0 Å². The predicted molar refractivity (Wildman–Crippen MR) is 116 cm³/mol. The smallest absolute Gasteiger partial charge is 0.265 e. The fourth-order valence-electron chi connectivity index (χ4n) is 4.18. The number of benzene rings is 3. The molecule has 2 amide bonds. The molecular formula is C25H21FN2O3. The summed E-state index contributed by atoms with van der Waals surface area (Å²) in [4.78, 5) is 29.4. The van der Waals surface area contributed by atoms with Crippen LogP contribution in [0.15, 0.2) is 66.7 Å². The number of nitrogens with zero attached hydrogens (tertiary/aromatic N) is 2. The van der Waals surface area contributed by atoms with E-state index in [0.29, 0.717) is 23.5 Å². The van der Waals surface area contributed by atoms with Gasteiger partial charge in [-0.15, -0.1) is 0 Å². The number of hydrogen-bond donors (Lipinski definition) is 0. The van der Waals surface area contributed by atoms with Crippen LogP contribution in [-0.4, -0.2) is 25.0 Å². The maximum atomic E-state index is 13.4. The summed E-state index contributed by atoms with van der Waals surface area (Å²) in [5.74, 6) is -0.0797. The standard InChI is InChI=1S/C25H21FN2O3/c26-20-10-7-17(8-11-20)15-28-22-14-19(9-12-23(22)31-16-24(28)29)25(30)27-13-3-5-18-4-1-2-6-21(18)27/h1-2,4,6-12,14H,3,5,13,15-16H2. The van der Waals surface area contributed by atoms with Crippen molar-refractivity contribution in [3.05, 3.63) is 89.2 Å². The Bertz CT molecular complexity index is 1160. The molecule has 2 heterocycles. The molecule has 0 aromatic heterocycles. The number of fused-ring (bicyclic) bond motifs is 2. The van der Waals surface area contributed by atoms with E-state index in [1.54, 1.807) is 40.1 Å². The summed E-state index contributed by atoms with van der Waals surface area (Å²) in [7, 11) is 0. The second-order valence-electron chi connectivity index (χ2n) is 7.77. The van der Waals surface area contributed by atoms with Gasteiger partial charge in [-0.1, -0.05) is 30.3 Å². The number of halogens is 1. The van der Waals surface area contributed by atoms with Crippen LogP contribution in [0.4, 0.5) is 15.8 Å². The first-order valence-corrected chi connectivity index (χ1v) is 10.3. The average Bonchev–Trinajstić information content (AvgIpc) is 2.81. The van der Waals surface area contributed by atoms with E-state index in [4.69, 9.17) is 4.74 Å². The van der Waals surface area contributed by atoms with Crippen LogP contribution in [0.2, 0.25) is 0 Å². The minimum atomic E-state index is -0.327. The van der Waals surface area contributed by atoms with Gasteiger partial charge in [0, 0.05) is 17.8 Å². The molecule has 31 heavy (non-hydrogen) atoms. The summed E-state index contributed by atoms with van der Waals surface area (Å²) in [5, 5.41) is 0. The van der Waals surface area contributed by atoms with Gasteiger partial charge < -0.3 is 14.5 Å². The lowest BCUT2D eigenvalue weighted by Gasteiger charge is -2.32. The fraction of sp³-hybridized carbons (Fsp3) is 0.200. The Morgan fingerprint density at radius 1 is 1.00 bits per heavy atom. The predicted octanol–water partition coefficient (Wildman–Crippen LogP) is 4.34. The summed E-state index contributed by atoms with van der Waals surface area (Å²) in [6, 6.07) is 19.2. The van der Waals surface area contributed by atoms with Crippen LogP contribution in [0.3, 0.4) is 0 Å². The van der Waals surface area contributed by atoms with Gasteiger partial charge in [-0.05, 0) is 60.4 Å². The second-order valence-corrected chi connectivity index (χ2v) is 7.77. The summed E-state index contributed by atoms with van der Waals surface area (Å²) in [6.07, 6.45) is 1.86. The van der Waals surface area contributed by atoms with Gasteiger partial charge in [-0.2, -0.15) is 0 Å². The van der Waals surface area contributed by atoms with Gasteiger partial charge in [0.1, 0.15) is 11.6 Å². The lowest BCUT2D eigenvalue weighted by atomic mass is 10.0. The molecular weight excluding hydrogens is 395 g/mol. The maximum Gasteiger partial charge on any atom is 0.265 e. The number of carbonyl (C=O) groups is 2. The molecule has 3 aromatic rings. The molecule has 0 saturated carbocycles. The molecule has 0 unspecified atom stereocenters. The van der Waals surface area contributed by atoms with Crippen LogP contribution in [0.5, 0.6) is 5.75 Å². The third kappa shape index (κ3) is 3.65. The first-order valence-electron chi connectivity index (χ1n) is 10.3. The Morgan fingerprint density at radius 2 is 1.81 bits per heavy atom. The van der Waals surface area contributed by atoms with Crippen molar-refractivity contribution >= 4 is 23.2 Å². The van der Waals surface area contributed by atoms with E-state index in [2.05, 4.69) is 6.07 Å². The zero-order valence-corrected chi connectivity index (χ0v) is 16.9. The van der Waals surface area contributed by atoms with E-state index < -0.39 is 0 Å². The molecule has 3 aromatic carbocycles. The zero-order chi connectivity index (χ0) is 21.4. The highest BCUT2D eigenvalue weighted by atomic mass is 19.1. The van der Waals surface area contributed by atoms with E-state index in [1.807, 2.05) is 18.2 Å². The minimum absolute atomic E-state index is 0.0685. The molecule has 5 nitrogen and oxygen atoms in total. The molecule has 0 N–H and O–H groups in total. The van der Waals surface area contributed by atoms with Crippen molar-refractivity contribution in [3.63, 3.8) is 0 Å². The summed E-state index contributed by atoms with van der Waals surface area (Å²) in [5.41, 5.74) is 3.95. The highest BCUT2D eigenvalue weighted by molar-refractivity contribution is 6.08. The van der Waals surface area contributed by atoms with Crippen molar-refractivity contribution in [1.29, 1.82) is 0 Å². The largest absolute Gasteiger partial charge is 0.482 e. The molecule has 0 bridgehead atoms. The highest BCUT2D eigenvalue weighted by Crippen LogP contribution is 2.35. The third-order valence-corrected chi connectivity index (χ3v) is 5.76. The molecule has 0 radical (unpaired) electrons. The lowest BCUT2D eigenvalue weighted by Crippen LogP contribution is -2.39. The first-order chi connectivity index (χ1) is 15.1. The van der Waals surface area contributed by atoms with Crippen LogP contribution in [0.1, 0.15) is 27.9 Å². The molecule has 2 aliphatic heterocycles. The summed E-state index contributed by atoms with van der Waals surface area (Å²) < 4.78 is 18.8. The van der Waals surface area contributed by atoms with Crippen molar-refractivity contribution in [3.8, 4) is 5.75 Å². The summed E-state index contributed by atoms with van der Waals surface area (Å²) in [6.45, 7) is 0.863. The van der Waals surface area contributed by atoms with E-state index in [9.17, 15) is 14.0 Å². The maximum absolute atomic E-state index is 13.4. The Morgan fingerprint density at radius 3 is 2.65 bits per heavy atom. The van der Waals surface area contributed by atoms with Gasteiger partial charge in [-0.3, -0.25) is 9.59 Å². The number of ether oxygens (including phenoxy) is 1. The van der Waals surface area contributed by atoms with Crippen LogP contribution >= 0.6 is 0 Å². The molecule has 0 fully saturated rings. The Labute approximate surface area is 179 Å². The zero-order valence-electron chi connectivity index (χ0n) is 16.9. The Balaban J connectivity index is 1.48. The molecule has 0 aliphatic carbocycles. The van der Waals surface area contributed by atoms with E-state index in [-0.39, 0.29) is 30.8 Å². The molecule has 0 saturated heterocycles. The van der Waals surface area contributed by atoms with Crippen LogP contribution in [0.25, 0.3) is 0 Å². The lowest BCUT2D eigenvalue weighted by molar-refractivity contribution is -0.121. The van der Waals surface area contributed by atoms with Crippen molar-refractivity contribution in [2.24, 2.45) is 0 Å². The van der Waals surface area contributed by atoms with Crippen molar-refractivity contribution in [2.75, 3.05) is 23.0 Å². The van der Waals surface area contributed by atoms with Crippen molar-refractivity contribution in [2.45, 2.75) is 19.4 Å². The monoisotopic (exact) mass is 416 g/mol. The van der Waals surface area contributed by atoms with Crippen molar-refractivity contribution in [1.82, 2.24) is 0 Å².